The van der Waals surface area contributed by atoms with Crippen LogP contribution in [0.3, 0.4) is 0 Å². The summed E-state index contributed by atoms with van der Waals surface area (Å²) in [4.78, 5) is 0.361. The lowest BCUT2D eigenvalue weighted by Crippen LogP contribution is -2.74. The molecule has 1 aromatic carbocycles. The first-order valence-electron chi connectivity index (χ1n) is 3.94. The third-order valence-corrected chi connectivity index (χ3v) is 2.86. The fourth-order valence-corrected chi connectivity index (χ4v) is 1.67. The Balaban J connectivity index is 2.94. The number of hydrogen-bond donors (Lipinski definition) is 1. The van der Waals surface area contributed by atoms with Gasteiger partial charge < -0.3 is 5.32 Å². The monoisotopic (exact) mass is 199 g/mol. The predicted molar refractivity (Wildman–Crippen MR) is 50.5 cm³/mol. The smallest absolute Gasteiger partial charge is 0.175 e. The van der Waals surface area contributed by atoms with Crippen LogP contribution in [0.25, 0.3) is 0 Å². The quantitative estimate of drug-likeness (QED) is 0.694. The normalized spacial score (nSPS) is 11.5. The van der Waals surface area contributed by atoms with Gasteiger partial charge in [0.05, 0.1) is 11.4 Å². The number of benzene rings is 1. The zero-order chi connectivity index (χ0) is 9.90. The molecule has 0 bridgehead atoms. The zero-order valence-electron chi connectivity index (χ0n) is 7.53. The highest BCUT2D eigenvalue weighted by Gasteiger charge is 2.05. The second kappa shape index (κ2) is 3.89. The Morgan fingerprint density at radius 2 is 1.85 bits per heavy atom. The standard InChI is InChI=1S/C9H13NO2S/c1-10-7-8-3-5-9(6-4-8)13(2,11)12/h3-6H,1,7,10H2,2H3. The summed E-state index contributed by atoms with van der Waals surface area (Å²) in [5.41, 5.74) is 1.07. The largest absolute Gasteiger partial charge is 0.475 e. The molecule has 4 heteroatoms. The molecule has 1 aromatic rings. The Morgan fingerprint density at radius 1 is 1.31 bits per heavy atom. The van der Waals surface area contributed by atoms with Crippen molar-refractivity contribution < 1.29 is 13.7 Å². The molecule has 0 aliphatic carbocycles. The average Bonchev–Trinajstić information content (AvgIpc) is 2.04. The Hall–Kier alpha value is -0.870. The minimum Gasteiger partial charge on any atom is -0.475 e. The van der Waals surface area contributed by atoms with Crippen LogP contribution in [0, 0.1) is 7.05 Å². The van der Waals surface area contributed by atoms with Crippen LogP contribution in [0.5, 0.6) is 0 Å². The highest BCUT2D eigenvalue weighted by molar-refractivity contribution is 7.90. The molecule has 0 unspecified atom stereocenters. The number of quaternary nitrogens is 1. The highest BCUT2D eigenvalue weighted by atomic mass is 32.2. The number of rotatable bonds is 3. The summed E-state index contributed by atoms with van der Waals surface area (Å²) in [6.45, 7) is 0.768. The fourth-order valence-electron chi connectivity index (χ4n) is 1.04. The van der Waals surface area contributed by atoms with Crippen molar-refractivity contribution in [3.8, 4) is 0 Å². The van der Waals surface area contributed by atoms with E-state index in [0.29, 0.717) is 4.90 Å². The molecule has 72 valence electrons. The number of sulfone groups is 1. The molecule has 0 aromatic heterocycles. The number of nitrogens with two attached hydrogens (primary N) is 1. The SMILES string of the molecule is [CH2-][NH2+]Cc1ccc(S(C)(=O)=O)cc1. The summed E-state index contributed by atoms with van der Waals surface area (Å²) < 4.78 is 22.2. The Labute approximate surface area is 78.7 Å². The zero-order valence-corrected chi connectivity index (χ0v) is 8.34. The van der Waals surface area contributed by atoms with Gasteiger partial charge in [-0.05, 0) is 12.1 Å². The van der Waals surface area contributed by atoms with E-state index in [-0.39, 0.29) is 0 Å². The van der Waals surface area contributed by atoms with E-state index in [1.54, 1.807) is 29.6 Å². The van der Waals surface area contributed by atoms with Gasteiger partial charge in [-0.25, -0.2) is 8.42 Å². The van der Waals surface area contributed by atoms with Crippen LogP contribution < -0.4 is 5.32 Å². The van der Waals surface area contributed by atoms with Crippen LogP contribution in [0.1, 0.15) is 5.56 Å². The van der Waals surface area contributed by atoms with Crippen LogP contribution >= 0.6 is 0 Å². The van der Waals surface area contributed by atoms with Gasteiger partial charge in [0.15, 0.2) is 9.84 Å². The van der Waals surface area contributed by atoms with Crippen LogP contribution in [-0.2, 0) is 16.4 Å². The maximum atomic E-state index is 11.1. The van der Waals surface area contributed by atoms with Crippen molar-refractivity contribution in [1.82, 2.24) is 0 Å². The minimum atomic E-state index is -3.06. The van der Waals surface area contributed by atoms with Gasteiger partial charge in [0.2, 0.25) is 0 Å². The van der Waals surface area contributed by atoms with Gasteiger partial charge in [-0.3, -0.25) is 0 Å². The van der Waals surface area contributed by atoms with E-state index in [1.807, 2.05) is 0 Å². The Morgan fingerprint density at radius 3 is 2.23 bits per heavy atom. The Bertz CT molecular complexity index is 367. The summed E-state index contributed by atoms with van der Waals surface area (Å²) in [7, 11) is 0.549. The van der Waals surface area contributed by atoms with Gasteiger partial charge in [-0.2, -0.15) is 7.05 Å². The molecule has 0 aliphatic rings. The molecular weight excluding hydrogens is 186 g/mol. The van der Waals surface area contributed by atoms with Crippen LogP contribution in [-0.4, -0.2) is 14.7 Å². The van der Waals surface area contributed by atoms with Gasteiger partial charge in [-0.1, -0.05) is 12.1 Å². The summed E-state index contributed by atoms with van der Waals surface area (Å²) in [5, 5.41) is 1.79. The lowest BCUT2D eigenvalue weighted by Gasteiger charge is -2.02. The first-order chi connectivity index (χ1) is 6.04. The second-order valence-corrected chi connectivity index (χ2v) is 4.92. The van der Waals surface area contributed by atoms with Crippen molar-refractivity contribution in [3.63, 3.8) is 0 Å². The summed E-state index contributed by atoms with van der Waals surface area (Å²) in [5.74, 6) is 0. The van der Waals surface area contributed by atoms with E-state index in [1.165, 1.54) is 6.26 Å². The van der Waals surface area contributed by atoms with Gasteiger partial charge in [0.25, 0.3) is 0 Å². The molecule has 13 heavy (non-hydrogen) atoms. The summed E-state index contributed by atoms with van der Waals surface area (Å²) in [6.07, 6.45) is 1.20. The van der Waals surface area contributed by atoms with Crippen molar-refractivity contribution in [2.75, 3.05) is 6.26 Å². The van der Waals surface area contributed by atoms with Gasteiger partial charge >= 0.3 is 0 Å². The molecule has 0 fully saturated rings. The third-order valence-electron chi connectivity index (χ3n) is 1.73. The lowest BCUT2D eigenvalue weighted by atomic mass is 10.2. The second-order valence-electron chi connectivity index (χ2n) is 2.91. The van der Waals surface area contributed by atoms with Crippen molar-refractivity contribution in [2.24, 2.45) is 0 Å². The molecule has 0 saturated carbocycles. The van der Waals surface area contributed by atoms with Crippen molar-refractivity contribution in [3.05, 3.63) is 36.9 Å². The highest BCUT2D eigenvalue weighted by Crippen LogP contribution is 2.09. The Kier molecular flexibility index (Phi) is 3.06. The van der Waals surface area contributed by atoms with Crippen LogP contribution in [0.15, 0.2) is 29.2 Å². The number of hydrogen-bond acceptors (Lipinski definition) is 2. The van der Waals surface area contributed by atoms with Crippen molar-refractivity contribution >= 4 is 9.84 Å². The molecule has 2 N–H and O–H groups in total. The van der Waals surface area contributed by atoms with E-state index >= 15 is 0 Å². The van der Waals surface area contributed by atoms with E-state index < -0.39 is 9.84 Å². The van der Waals surface area contributed by atoms with E-state index in [0.717, 1.165) is 12.1 Å². The molecule has 0 spiro atoms. The minimum absolute atomic E-state index is 0.361. The molecule has 1 rings (SSSR count). The van der Waals surface area contributed by atoms with E-state index in [2.05, 4.69) is 7.05 Å². The fraction of sp³-hybridized carbons (Fsp3) is 0.222. The molecule has 0 heterocycles. The van der Waals surface area contributed by atoms with E-state index in [4.69, 9.17) is 0 Å². The molecule has 0 radical (unpaired) electrons. The average molecular weight is 199 g/mol. The topological polar surface area (TPSA) is 50.8 Å². The molecule has 0 saturated heterocycles. The summed E-state index contributed by atoms with van der Waals surface area (Å²) in [6, 6.07) is 6.85. The molecule has 0 atom stereocenters. The predicted octanol–water partition coefficient (Wildman–Crippen LogP) is -0.0549. The van der Waals surface area contributed by atoms with E-state index in [9.17, 15) is 8.42 Å². The maximum absolute atomic E-state index is 11.1. The van der Waals surface area contributed by atoms with Gasteiger partial charge in [-0.15, -0.1) is 0 Å². The first-order valence-corrected chi connectivity index (χ1v) is 5.83. The maximum Gasteiger partial charge on any atom is 0.175 e. The third kappa shape index (κ3) is 2.82. The van der Waals surface area contributed by atoms with Gasteiger partial charge in [0, 0.05) is 11.8 Å². The molecule has 0 aliphatic heterocycles. The summed E-state index contributed by atoms with van der Waals surface area (Å²) >= 11 is 0. The van der Waals surface area contributed by atoms with Crippen molar-refractivity contribution in [2.45, 2.75) is 11.4 Å². The molecular formula is C9H13NO2S. The molecule has 3 nitrogen and oxygen atoms in total. The molecule has 0 amide bonds. The van der Waals surface area contributed by atoms with Gasteiger partial charge in [0.1, 0.15) is 0 Å². The lowest BCUT2D eigenvalue weighted by molar-refractivity contribution is -0.612. The van der Waals surface area contributed by atoms with Crippen molar-refractivity contribution in [1.29, 1.82) is 0 Å². The first kappa shape index (κ1) is 10.2. The van der Waals surface area contributed by atoms with Crippen LogP contribution in [0.4, 0.5) is 0 Å². The van der Waals surface area contributed by atoms with Crippen LogP contribution in [0.2, 0.25) is 0 Å².